The second-order valence-corrected chi connectivity index (χ2v) is 7.50. The summed E-state index contributed by atoms with van der Waals surface area (Å²) in [5.41, 5.74) is 1.83. The van der Waals surface area contributed by atoms with E-state index in [1.165, 1.54) is 6.07 Å². The van der Waals surface area contributed by atoms with E-state index >= 15 is 0 Å². The van der Waals surface area contributed by atoms with Crippen LogP contribution in [0.4, 0.5) is 5.69 Å². The first kappa shape index (κ1) is 21.7. The van der Waals surface area contributed by atoms with Crippen molar-refractivity contribution in [1.82, 2.24) is 4.57 Å². The number of pyridine rings is 1. The zero-order chi connectivity index (χ0) is 23.4. The summed E-state index contributed by atoms with van der Waals surface area (Å²) in [4.78, 5) is 25.0. The van der Waals surface area contributed by atoms with E-state index in [9.17, 15) is 20.0 Å². The number of hydrogen-bond acceptors (Lipinski definition) is 4. The molecule has 0 fully saturated rings. The average molecular weight is 452 g/mol. The number of nitrogens with one attached hydrogen (secondary N) is 1. The number of thiocarbonyl (C=S) groups is 1. The maximum Gasteiger partial charge on any atom is 0.337 e. The zero-order valence-corrected chi connectivity index (χ0v) is 18.0. The number of nitrogens with zero attached hydrogens (tertiary/aromatic N) is 2. The maximum atomic E-state index is 13.2. The Morgan fingerprint density at radius 1 is 0.879 bits per heavy atom. The lowest BCUT2D eigenvalue weighted by Crippen LogP contribution is -2.35. The number of carbonyl (C=O) groups is 1. The third-order valence-corrected chi connectivity index (χ3v) is 5.35. The van der Waals surface area contributed by atoms with E-state index in [0.29, 0.717) is 11.3 Å². The van der Waals surface area contributed by atoms with E-state index in [0.717, 1.165) is 15.7 Å². The third-order valence-electron chi connectivity index (χ3n) is 5.07. The molecule has 160 valence electrons. The highest BCUT2D eigenvalue weighted by molar-refractivity contribution is 7.80. The Bertz CT molecular complexity index is 1440. The molecule has 0 aliphatic carbocycles. The minimum Gasteiger partial charge on any atom is -0.478 e. The van der Waals surface area contributed by atoms with Crippen LogP contribution >= 0.6 is 12.2 Å². The molecule has 0 radical (unpaired) electrons. The molecular weight excluding hydrogens is 434 g/mol. The van der Waals surface area contributed by atoms with Gasteiger partial charge < -0.3 is 10.4 Å². The Kier molecular flexibility index (Phi) is 6.11. The first-order chi connectivity index (χ1) is 16.0. The van der Waals surface area contributed by atoms with Crippen molar-refractivity contribution in [2.75, 3.05) is 5.32 Å². The van der Waals surface area contributed by atoms with Crippen molar-refractivity contribution in [1.29, 1.82) is 5.26 Å². The van der Waals surface area contributed by atoms with Gasteiger partial charge in [-0.05, 0) is 47.1 Å². The quantitative estimate of drug-likeness (QED) is 0.424. The highest BCUT2D eigenvalue weighted by Crippen LogP contribution is 2.26. The molecule has 33 heavy (non-hydrogen) atoms. The molecule has 1 heterocycles. The van der Waals surface area contributed by atoms with Gasteiger partial charge in [-0.2, -0.15) is 5.26 Å². The molecule has 6 nitrogen and oxygen atoms in total. The van der Waals surface area contributed by atoms with E-state index in [2.05, 4.69) is 5.32 Å². The average Bonchev–Trinajstić information content (AvgIpc) is 2.84. The molecule has 3 aromatic carbocycles. The second kappa shape index (κ2) is 9.30. The van der Waals surface area contributed by atoms with Gasteiger partial charge in [0.1, 0.15) is 11.6 Å². The number of para-hydroxylation sites is 1. The fourth-order valence-corrected chi connectivity index (χ4v) is 3.76. The number of carboxylic acid groups (broad SMARTS) is 1. The number of anilines is 1. The monoisotopic (exact) mass is 451 g/mol. The minimum absolute atomic E-state index is 0.0294. The molecule has 0 aliphatic heterocycles. The summed E-state index contributed by atoms with van der Waals surface area (Å²) >= 11 is 5.49. The van der Waals surface area contributed by atoms with Crippen molar-refractivity contribution in [2.24, 2.45) is 0 Å². The Morgan fingerprint density at radius 3 is 2.00 bits per heavy atom. The SMILES string of the molecule is N#Cc1c(C(=O)O)cc(-c2ccc(-c3ccccc3)cc2)n(C(=S)Nc2ccccc2)c1=O. The fraction of sp³-hybridized carbons (Fsp3) is 0. The molecule has 4 rings (SSSR count). The highest BCUT2D eigenvalue weighted by Gasteiger charge is 2.22. The van der Waals surface area contributed by atoms with Crippen LogP contribution in [0.3, 0.4) is 0 Å². The molecule has 0 saturated heterocycles. The summed E-state index contributed by atoms with van der Waals surface area (Å²) in [5, 5.41) is 22.1. The van der Waals surface area contributed by atoms with Gasteiger partial charge in [-0.25, -0.2) is 4.79 Å². The van der Waals surface area contributed by atoms with Gasteiger partial charge in [0.15, 0.2) is 5.11 Å². The Labute approximate surface area is 195 Å². The molecule has 7 heteroatoms. The second-order valence-electron chi connectivity index (χ2n) is 7.12. The summed E-state index contributed by atoms with van der Waals surface area (Å²) in [6.45, 7) is 0. The number of rotatable bonds is 4. The molecule has 2 N–H and O–H groups in total. The zero-order valence-electron chi connectivity index (χ0n) is 17.2. The summed E-state index contributed by atoms with van der Waals surface area (Å²) < 4.78 is 1.16. The molecule has 4 aromatic rings. The van der Waals surface area contributed by atoms with Crippen LogP contribution in [0.1, 0.15) is 15.9 Å². The van der Waals surface area contributed by atoms with Gasteiger partial charge >= 0.3 is 5.97 Å². The molecular formula is C26H17N3O3S. The first-order valence-corrected chi connectivity index (χ1v) is 10.4. The van der Waals surface area contributed by atoms with Crippen LogP contribution in [0.2, 0.25) is 0 Å². The number of benzene rings is 3. The molecule has 0 bridgehead atoms. The maximum absolute atomic E-state index is 13.2. The number of carboxylic acids is 1. The predicted octanol–water partition coefficient (Wildman–Crippen LogP) is 5.00. The van der Waals surface area contributed by atoms with Gasteiger partial charge in [0, 0.05) is 5.69 Å². The number of aromatic nitrogens is 1. The topological polar surface area (TPSA) is 95.1 Å². The Hall–Kier alpha value is -4.54. The van der Waals surface area contributed by atoms with Crippen molar-refractivity contribution in [3.8, 4) is 28.5 Å². The minimum atomic E-state index is -1.36. The van der Waals surface area contributed by atoms with Crippen LogP contribution in [0.5, 0.6) is 0 Å². The van der Waals surface area contributed by atoms with Crippen LogP contribution in [0.25, 0.3) is 22.4 Å². The Morgan fingerprint density at radius 2 is 1.42 bits per heavy atom. The lowest BCUT2D eigenvalue weighted by molar-refractivity contribution is 0.0696. The number of nitriles is 1. The standard InChI is InChI=1S/C26H17N3O3S/c27-16-22-21(25(31)32)15-23(19-13-11-18(12-14-19)17-7-3-1-4-8-17)29(24(22)30)26(33)28-20-9-5-2-6-10-20/h1-15H,(H,28,33)(H,31,32). The largest absolute Gasteiger partial charge is 0.478 e. The third kappa shape index (κ3) is 4.42. The summed E-state index contributed by atoms with van der Waals surface area (Å²) in [6, 6.07) is 29.1. The van der Waals surface area contributed by atoms with Crippen LogP contribution in [-0.4, -0.2) is 20.8 Å². The van der Waals surface area contributed by atoms with Crippen LogP contribution in [-0.2, 0) is 0 Å². The van der Waals surface area contributed by atoms with Gasteiger partial charge in [-0.1, -0.05) is 72.8 Å². The van der Waals surface area contributed by atoms with Crippen molar-refractivity contribution >= 4 is 29.0 Å². The fourth-order valence-electron chi connectivity index (χ4n) is 3.47. The molecule has 0 aliphatic rings. The van der Waals surface area contributed by atoms with Crippen molar-refractivity contribution in [3.05, 3.63) is 112 Å². The molecule has 0 atom stereocenters. The lowest BCUT2D eigenvalue weighted by atomic mass is 10.0. The number of hydrogen-bond donors (Lipinski definition) is 2. The van der Waals surface area contributed by atoms with E-state index in [4.69, 9.17) is 12.2 Å². The smallest absolute Gasteiger partial charge is 0.337 e. The molecule has 0 amide bonds. The van der Waals surface area contributed by atoms with E-state index in [1.807, 2.05) is 60.7 Å². The van der Waals surface area contributed by atoms with Crippen LogP contribution in [0.15, 0.2) is 95.8 Å². The van der Waals surface area contributed by atoms with Crippen LogP contribution < -0.4 is 10.9 Å². The Balaban J connectivity index is 1.87. The van der Waals surface area contributed by atoms with Crippen molar-refractivity contribution in [2.45, 2.75) is 0 Å². The summed E-state index contributed by atoms with van der Waals surface area (Å²) in [7, 11) is 0. The highest BCUT2D eigenvalue weighted by atomic mass is 32.1. The van der Waals surface area contributed by atoms with E-state index in [1.54, 1.807) is 30.3 Å². The van der Waals surface area contributed by atoms with Gasteiger partial charge in [0.05, 0.1) is 11.3 Å². The van der Waals surface area contributed by atoms with Gasteiger partial charge in [-0.15, -0.1) is 0 Å². The van der Waals surface area contributed by atoms with Gasteiger partial charge in [-0.3, -0.25) is 9.36 Å². The van der Waals surface area contributed by atoms with Gasteiger partial charge in [0.25, 0.3) is 5.56 Å². The number of aromatic carboxylic acids is 1. The lowest BCUT2D eigenvalue weighted by Gasteiger charge is -2.17. The first-order valence-electron chi connectivity index (χ1n) is 9.95. The van der Waals surface area contributed by atoms with Crippen molar-refractivity contribution < 1.29 is 9.90 Å². The summed E-state index contributed by atoms with van der Waals surface area (Å²) in [5.74, 6) is -1.36. The van der Waals surface area contributed by atoms with E-state index in [-0.39, 0.29) is 16.4 Å². The predicted molar refractivity (Wildman–Crippen MR) is 131 cm³/mol. The molecule has 1 aromatic heterocycles. The van der Waals surface area contributed by atoms with E-state index < -0.39 is 17.1 Å². The molecule has 0 spiro atoms. The normalized spacial score (nSPS) is 10.3. The summed E-state index contributed by atoms with van der Waals surface area (Å²) in [6.07, 6.45) is 0. The molecule has 0 unspecified atom stereocenters. The van der Waals surface area contributed by atoms with Crippen LogP contribution in [0, 0.1) is 11.3 Å². The van der Waals surface area contributed by atoms with Gasteiger partial charge in [0.2, 0.25) is 0 Å². The van der Waals surface area contributed by atoms with Crippen molar-refractivity contribution in [3.63, 3.8) is 0 Å². The molecule has 0 saturated carbocycles.